The fourth-order valence-corrected chi connectivity index (χ4v) is 3.15. The number of thiazole rings is 1. The van der Waals surface area contributed by atoms with Crippen LogP contribution in [0.4, 0.5) is 10.5 Å². The van der Waals surface area contributed by atoms with E-state index in [4.69, 9.17) is 0 Å². The molecule has 0 aliphatic rings. The summed E-state index contributed by atoms with van der Waals surface area (Å²) >= 11 is 1.54. The van der Waals surface area contributed by atoms with Gasteiger partial charge in [0.2, 0.25) is 0 Å². The molecule has 0 spiro atoms. The highest BCUT2D eigenvalue weighted by atomic mass is 32.1. The smallest absolute Gasteiger partial charge is 0.320 e. The molecule has 3 N–H and O–H groups in total. The van der Waals surface area contributed by atoms with E-state index in [0.717, 1.165) is 17.1 Å². The summed E-state index contributed by atoms with van der Waals surface area (Å²) in [7, 11) is 1.58. The topological polar surface area (TPSA) is 83.1 Å². The lowest BCUT2D eigenvalue weighted by molar-refractivity contribution is 0.0963. The summed E-state index contributed by atoms with van der Waals surface area (Å²) < 4.78 is 0. The van der Waals surface area contributed by atoms with E-state index in [0.29, 0.717) is 11.3 Å². The van der Waals surface area contributed by atoms with Crippen LogP contribution in [0.3, 0.4) is 0 Å². The largest absolute Gasteiger partial charge is 0.355 e. The molecule has 1 heterocycles. The number of anilines is 1. The Kier molecular flexibility index (Phi) is 5.56. The first-order valence-corrected chi connectivity index (χ1v) is 8.60. The van der Waals surface area contributed by atoms with Gasteiger partial charge < -0.3 is 16.0 Å². The Morgan fingerprint density at radius 1 is 1.25 bits per heavy atom. The first-order chi connectivity index (χ1) is 11.4. The number of nitrogens with one attached hydrogen (secondary N) is 3. The van der Waals surface area contributed by atoms with Gasteiger partial charge in [-0.2, -0.15) is 0 Å². The zero-order valence-corrected chi connectivity index (χ0v) is 15.1. The Labute approximate surface area is 145 Å². The molecule has 6 nitrogen and oxygen atoms in total. The van der Waals surface area contributed by atoms with Crippen molar-refractivity contribution in [2.45, 2.75) is 32.7 Å². The van der Waals surface area contributed by atoms with Crippen LogP contribution in [-0.2, 0) is 5.54 Å². The van der Waals surface area contributed by atoms with Crippen molar-refractivity contribution in [3.05, 3.63) is 45.9 Å². The Bertz CT molecular complexity index is 726. The minimum absolute atomic E-state index is 0.163. The van der Waals surface area contributed by atoms with Crippen molar-refractivity contribution >= 4 is 29.0 Å². The number of carbonyl (C=O) groups excluding carboxylic acids is 2. The van der Waals surface area contributed by atoms with E-state index in [2.05, 4.69) is 20.9 Å². The van der Waals surface area contributed by atoms with Crippen LogP contribution in [0.1, 0.15) is 41.3 Å². The van der Waals surface area contributed by atoms with E-state index < -0.39 is 5.54 Å². The second kappa shape index (κ2) is 7.44. The first-order valence-electron chi connectivity index (χ1n) is 7.72. The predicted molar refractivity (Wildman–Crippen MR) is 96.5 cm³/mol. The number of aromatic nitrogens is 1. The Morgan fingerprint density at radius 2 is 1.92 bits per heavy atom. The van der Waals surface area contributed by atoms with Gasteiger partial charge in [0.15, 0.2) is 0 Å². The van der Waals surface area contributed by atoms with E-state index in [9.17, 15) is 9.59 Å². The summed E-state index contributed by atoms with van der Waals surface area (Å²) in [6, 6.07) is 6.41. The molecule has 1 aromatic carbocycles. The zero-order valence-electron chi connectivity index (χ0n) is 14.3. The van der Waals surface area contributed by atoms with E-state index in [1.54, 1.807) is 31.3 Å². The predicted octanol–water partition coefficient (Wildman–Crippen LogP) is 3.26. The second-order valence-electron chi connectivity index (χ2n) is 5.72. The third-order valence-electron chi connectivity index (χ3n) is 3.82. The SMILES string of the molecule is CC[C@@](C)(NC(=O)Nc1ccc(C(=O)NC)cc1)c1nc(C)cs1. The van der Waals surface area contributed by atoms with Crippen LogP contribution in [-0.4, -0.2) is 24.0 Å². The van der Waals surface area contributed by atoms with Crippen LogP contribution in [0.15, 0.2) is 29.6 Å². The van der Waals surface area contributed by atoms with Crippen LogP contribution < -0.4 is 16.0 Å². The second-order valence-corrected chi connectivity index (χ2v) is 6.57. The molecule has 7 heteroatoms. The highest BCUT2D eigenvalue weighted by Crippen LogP contribution is 2.27. The molecular weight excluding hydrogens is 324 g/mol. The summed E-state index contributed by atoms with van der Waals surface area (Å²) in [4.78, 5) is 28.3. The highest BCUT2D eigenvalue weighted by molar-refractivity contribution is 7.09. The first kappa shape index (κ1) is 17.9. The molecule has 0 fully saturated rings. The van der Waals surface area contributed by atoms with Gasteiger partial charge in [-0.15, -0.1) is 11.3 Å². The molecule has 2 rings (SSSR count). The van der Waals surface area contributed by atoms with Crippen molar-refractivity contribution in [3.63, 3.8) is 0 Å². The maximum atomic E-state index is 12.3. The van der Waals surface area contributed by atoms with Gasteiger partial charge in [0.1, 0.15) is 5.01 Å². The molecule has 0 saturated carbocycles. The van der Waals surface area contributed by atoms with Crippen LogP contribution in [0.5, 0.6) is 0 Å². The van der Waals surface area contributed by atoms with Gasteiger partial charge in [0.05, 0.1) is 5.54 Å². The molecule has 0 saturated heterocycles. The average Bonchev–Trinajstić information content (AvgIpc) is 3.01. The molecule has 0 radical (unpaired) electrons. The number of hydrogen-bond donors (Lipinski definition) is 3. The van der Waals surface area contributed by atoms with Crippen LogP contribution in [0.2, 0.25) is 0 Å². The number of rotatable bonds is 5. The molecule has 1 atom stereocenters. The monoisotopic (exact) mass is 346 g/mol. The van der Waals surface area contributed by atoms with Crippen molar-refractivity contribution in [1.82, 2.24) is 15.6 Å². The van der Waals surface area contributed by atoms with Gasteiger partial charge in [0.25, 0.3) is 5.91 Å². The van der Waals surface area contributed by atoms with Gasteiger partial charge in [-0.25, -0.2) is 9.78 Å². The lowest BCUT2D eigenvalue weighted by Crippen LogP contribution is -2.45. The molecule has 3 amide bonds. The fourth-order valence-electron chi connectivity index (χ4n) is 2.16. The van der Waals surface area contributed by atoms with Crippen molar-refractivity contribution < 1.29 is 9.59 Å². The van der Waals surface area contributed by atoms with Gasteiger partial charge >= 0.3 is 6.03 Å². The number of benzene rings is 1. The van der Waals surface area contributed by atoms with Gasteiger partial charge in [-0.3, -0.25) is 4.79 Å². The number of carbonyl (C=O) groups is 2. The molecule has 0 aliphatic carbocycles. The third kappa shape index (κ3) is 4.11. The Balaban J connectivity index is 2.05. The quantitative estimate of drug-likeness (QED) is 0.777. The van der Waals surface area contributed by atoms with Crippen molar-refractivity contribution in [3.8, 4) is 0 Å². The molecule has 2 aromatic rings. The van der Waals surface area contributed by atoms with Crippen molar-refractivity contribution in [2.75, 3.05) is 12.4 Å². The van der Waals surface area contributed by atoms with Gasteiger partial charge in [-0.1, -0.05) is 6.92 Å². The normalized spacial score (nSPS) is 13.0. The lowest BCUT2D eigenvalue weighted by atomic mass is 10.0. The standard InChI is InChI=1S/C17H22N4O2S/c1-5-17(3,15-19-11(2)10-24-15)21-16(23)20-13-8-6-12(7-9-13)14(22)18-4/h6-10H,5H2,1-4H3,(H,18,22)(H2,20,21,23)/t17-/m1/s1. The van der Waals surface area contributed by atoms with Crippen molar-refractivity contribution in [2.24, 2.45) is 0 Å². The summed E-state index contributed by atoms with van der Waals surface area (Å²) in [5, 5.41) is 11.2. The maximum Gasteiger partial charge on any atom is 0.320 e. The number of hydrogen-bond acceptors (Lipinski definition) is 4. The number of urea groups is 1. The minimum Gasteiger partial charge on any atom is -0.355 e. The summed E-state index contributed by atoms with van der Waals surface area (Å²) in [5.74, 6) is -0.163. The molecule has 128 valence electrons. The Hall–Kier alpha value is -2.41. The maximum absolute atomic E-state index is 12.3. The van der Waals surface area contributed by atoms with Gasteiger partial charge in [0, 0.05) is 29.4 Å². The summed E-state index contributed by atoms with van der Waals surface area (Å²) in [5.41, 5.74) is 1.58. The minimum atomic E-state index is -0.523. The highest BCUT2D eigenvalue weighted by Gasteiger charge is 2.29. The number of nitrogens with zero attached hydrogens (tertiary/aromatic N) is 1. The van der Waals surface area contributed by atoms with Crippen LogP contribution >= 0.6 is 11.3 Å². The Morgan fingerprint density at radius 3 is 2.42 bits per heavy atom. The van der Waals surface area contributed by atoms with E-state index in [1.807, 2.05) is 26.2 Å². The van der Waals surface area contributed by atoms with Crippen LogP contribution in [0, 0.1) is 6.92 Å². The van der Waals surface area contributed by atoms with E-state index in [-0.39, 0.29) is 11.9 Å². The van der Waals surface area contributed by atoms with Crippen molar-refractivity contribution in [1.29, 1.82) is 0 Å². The molecular formula is C17H22N4O2S. The summed E-state index contributed by atoms with van der Waals surface area (Å²) in [6.07, 6.45) is 0.725. The van der Waals surface area contributed by atoms with E-state index >= 15 is 0 Å². The van der Waals surface area contributed by atoms with Crippen LogP contribution in [0.25, 0.3) is 0 Å². The molecule has 0 bridgehead atoms. The number of aryl methyl sites for hydroxylation is 1. The average molecular weight is 346 g/mol. The molecule has 0 unspecified atom stereocenters. The zero-order chi connectivity index (χ0) is 17.7. The molecule has 0 aliphatic heterocycles. The van der Waals surface area contributed by atoms with Gasteiger partial charge in [-0.05, 0) is 44.5 Å². The van der Waals surface area contributed by atoms with E-state index in [1.165, 1.54) is 11.3 Å². The molecule has 1 aromatic heterocycles. The molecule has 24 heavy (non-hydrogen) atoms. The fraction of sp³-hybridized carbons (Fsp3) is 0.353. The third-order valence-corrected chi connectivity index (χ3v) is 5.04. The number of amides is 3. The lowest BCUT2D eigenvalue weighted by Gasteiger charge is -2.27. The summed E-state index contributed by atoms with van der Waals surface area (Å²) in [6.45, 7) is 5.90.